The maximum absolute atomic E-state index is 4.71. The molecule has 1 rings (SSSR count). The molecule has 114 valence electrons. The molecular formula is C16H30N4. The van der Waals surface area contributed by atoms with Crippen molar-refractivity contribution in [3.63, 3.8) is 0 Å². The van der Waals surface area contributed by atoms with E-state index in [1.54, 1.807) is 0 Å². The molecule has 1 heterocycles. The SMILES string of the molecule is CCCc1nc(NCC)cc(N(C)C(C)CC(C)C)n1. The van der Waals surface area contributed by atoms with Crippen molar-refractivity contribution >= 4 is 11.6 Å². The van der Waals surface area contributed by atoms with Crippen molar-refractivity contribution in [2.45, 2.75) is 59.9 Å². The molecule has 1 aromatic rings. The number of nitrogens with zero attached hydrogens (tertiary/aromatic N) is 3. The Balaban J connectivity index is 2.96. The van der Waals surface area contributed by atoms with Crippen LogP contribution in [0.15, 0.2) is 6.07 Å². The summed E-state index contributed by atoms with van der Waals surface area (Å²) in [6.45, 7) is 11.9. The highest BCUT2D eigenvalue weighted by Crippen LogP contribution is 2.20. The first-order chi connectivity index (χ1) is 9.47. The molecule has 1 N–H and O–H groups in total. The minimum Gasteiger partial charge on any atom is -0.370 e. The minimum atomic E-state index is 0.480. The van der Waals surface area contributed by atoms with E-state index >= 15 is 0 Å². The van der Waals surface area contributed by atoms with Crippen molar-refractivity contribution in [2.24, 2.45) is 5.92 Å². The minimum absolute atomic E-state index is 0.480. The molecule has 0 bridgehead atoms. The predicted molar refractivity (Wildman–Crippen MR) is 87.5 cm³/mol. The first-order valence-electron chi connectivity index (χ1n) is 7.82. The summed E-state index contributed by atoms with van der Waals surface area (Å²) in [6.07, 6.45) is 3.17. The fraction of sp³-hybridized carbons (Fsp3) is 0.750. The molecule has 4 nitrogen and oxygen atoms in total. The van der Waals surface area contributed by atoms with Crippen molar-refractivity contribution in [1.82, 2.24) is 9.97 Å². The Labute approximate surface area is 124 Å². The van der Waals surface area contributed by atoms with Crippen LogP contribution in [0.5, 0.6) is 0 Å². The third kappa shape index (κ3) is 4.99. The van der Waals surface area contributed by atoms with E-state index in [9.17, 15) is 0 Å². The molecule has 0 radical (unpaired) electrons. The number of rotatable bonds is 8. The second-order valence-corrected chi connectivity index (χ2v) is 5.90. The summed E-state index contributed by atoms with van der Waals surface area (Å²) in [7, 11) is 2.13. The van der Waals surface area contributed by atoms with Gasteiger partial charge in [0.1, 0.15) is 17.5 Å². The fourth-order valence-electron chi connectivity index (χ4n) is 2.34. The van der Waals surface area contributed by atoms with Crippen LogP contribution < -0.4 is 10.2 Å². The Morgan fingerprint density at radius 1 is 1.20 bits per heavy atom. The first-order valence-corrected chi connectivity index (χ1v) is 7.82. The topological polar surface area (TPSA) is 41.1 Å². The Kier molecular flexibility index (Phi) is 6.76. The first kappa shape index (κ1) is 16.7. The lowest BCUT2D eigenvalue weighted by Crippen LogP contribution is -2.31. The molecule has 20 heavy (non-hydrogen) atoms. The third-order valence-corrected chi connectivity index (χ3v) is 3.43. The van der Waals surface area contributed by atoms with Gasteiger partial charge in [-0.25, -0.2) is 9.97 Å². The number of aromatic nitrogens is 2. The molecule has 0 saturated heterocycles. The fourth-order valence-corrected chi connectivity index (χ4v) is 2.34. The Bertz CT molecular complexity index is 379. The number of hydrogen-bond donors (Lipinski definition) is 1. The molecular weight excluding hydrogens is 248 g/mol. The molecule has 1 unspecified atom stereocenters. The van der Waals surface area contributed by atoms with Crippen LogP contribution in [0.4, 0.5) is 11.6 Å². The number of hydrogen-bond acceptors (Lipinski definition) is 4. The quantitative estimate of drug-likeness (QED) is 0.786. The van der Waals surface area contributed by atoms with E-state index in [0.717, 1.165) is 36.8 Å². The standard InChI is InChI=1S/C16H30N4/c1-7-9-14-18-15(17-8-2)11-16(19-14)20(6)13(5)10-12(3)4/h11-13H,7-10H2,1-6H3,(H,17,18,19). The van der Waals surface area contributed by atoms with Gasteiger partial charge in [-0.3, -0.25) is 0 Å². The van der Waals surface area contributed by atoms with Crippen LogP contribution in [0.25, 0.3) is 0 Å². The van der Waals surface area contributed by atoms with Crippen LogP contribution in [0.2, 0.25) is 0 Å². The summed E-state index contributed by atoms with van der Waals surface area (Å²) in [6, 6.07) is 2.54. The second-order valence-electron chi connectivity index (χ2n) is 5.90. The second kappa shape index (κ2) is 8.08. The van der Waals surface area contributed by atoms with Crippen LogP contribution in [0.3, 0.4) is 0 Å². The zero-order valence-corrected chi connectivity index (χ0v) is 13.9. The average Bonchev–Trinajstić information content (AvgIpc) is 2.37. The van der Waals surface area contributed by atoms with Gasteiger partial charge in [0.2, 0.25) is 0 Å². The number of aryl methyl sites for hydroxylation is 1. The van der Waals surface area contributed by atoms with Crippen molar-refractivity contribution in [3.8, 4) is 0 Å². The van der Waals surface area contributed by atoms with E-state index in [2.05, 4.69) is 62.9 Å². The van der Waals surface area contributed by atoms with Gasteiger partial charge in [-0.05, 0) is 32.6 Å². The molecule has 0 aliphatic rings. The number of anilines is 2. The van der Waals surface area contributed by atoms with Crippen LogP contribution in [-0.4, -0.2) is 29.6 Å². The molecule has 0 aliphatic heterocycles. The van der Waals surface area contributed by atoms with E-state index in [1.165, 1.54) is 6.42 Å². The van der Waals surface area contributed by atoms with Gasteiger partial charge in [-0.1, -0.05) is 20.8 Å². The van der Waals surface area contributed by atoms with Gasteiger partial charge >= 0.3 is 0 Å². The molecule has 1 aromatic heterocycles. The monoisotopic (exact) mass is 278 g/mol. The molecule has 1 atom stereocenters. The highest BCUT2D eigenvalue weighted by atomic mass is 15.2. The maximum atomic E-state index is 4.71. The van der Waals surface area contributed by atoms with Gasteiger partial charge in [0.25, 0.3) is 0 Å². The van der Waals surface area contributed by atoms with E-state index in [0.29, 0.717) is 12.0 Å². The van der Waals surface area contributed by atoms with E-state index in [4.69, 9.17) is 4.98 Å². The lowest BCUT2D eigenvalue weighted by molar-refractivity contribution is 0.501. The summed E-state index contributed by atoms with van der Waals surface area (Å²) in [5, 5.41) is 3.30. The third-order valence-electron chi connectivity index (χ3n) is 3.43. The van der Waals surface area contributed by atoms with Gasteiger partial charge in [0.05, 0.1) is 0 Å². The lowest BCUT2D eigenvalue weighted by Gasteiger charge is -2.28. The Morgan fingerprint density at radius 3 is 2.45 bits per heavy atom. The van der Waals surface area contributed by atoms with E-state index in [-0.39, 0.29) is 0 Å². The largest absolute Gasteiger partial charge is 0.370 e. The van der Waals surface area contributed by atoms with Gasteiger partial charge in [-0.2, -0.15) is 0 Å². The maximum Gasteiger partial charge on any atom is 0.134 e. The summed E-state index contributed by atoms with van der Waals surface area (Å²) < 4.78 is 0. The molecule has 0 spiro atoms. The summed E-state index contributed by atoms with van der Waals surface area (Å²) >= 11 is 0. The van der Waals surface area contributed by atoms with Crippen molar-refractivity contribution < 1.29 is 0 Å². The summed E-state index contributed by atoms with van der Waals surface area (Å²) in [4.78, 5) is 11.5. The highest BCUT2D eigenvalue weighted by Gasteiger charge is 2.15. The van der Waals surface area contributed by atoms with Crippen LogP contribution >= 0.6 is 0 Å². The van der Waals surface area contributed by atoms with Crippen molar-refractivity contribution in [2.75, 3.05) is 23.8 Å². The van der Waals surface area contributed by atoms with Gasteiger partial charge < -0.3 is 10.2 Å². The molecule has 4 heteroatoms. The van der Waals surface area contributed by atoms with Crippen LogP contribution in [0, 0.1) is 5.92 Å². The summed E-state index contributed by atoms with van der Waals surface area (Å²) in [5.74, 6) is 3.58. The smallest absolute Gasteiger partial charge is 0.134 e. The van der Waals surface area contributed by atoms with E-state index < -0.39 is 0 Å². The van der Waals surface area contributed by atoms with Gasteiger partial charge in [-0.15, -0.1) is 0 Å². The Morgan fingerprint density at radius 2 is 1.90 bits per heavy atom. The molecule has 0 aliphatic carbocycles. The molecule has 0 fully saturated rings. The van der Waals surface area contributed by atoms with Gasteiger partial charge in [0.15, 0.2) is 0 Å². The van der Waals surface area contributed by atoms with Crippen molar-refractivity contribution in [3.05, 3.63) is 11.9 Å². The zero-order valence-electron chi connectivity index (χ0n) is 13.9. The van der Waals surface area contributed by atoms with E-state index in [1.807, 2.05) is 0 Å². The normalized spacial score (nSPS) is 12.6. The average molecular weight is 278 g/mol. The molecule has 0 amide bonds. The molecule has 0 aromatic carbocycles. The zero-order chi connectivity index (χ0) is 15.1. The highest BCUT2D eigenvalue weighted by molar-refractivity contribution is 5.49. The lowest BCUT2D eigenvalue weighted by atomic mass is 10.0. The van der Waals surface area contributed by atoms with Crippen LogP contribution in [0.1, 0.15) is 53.3 Å². The van der Waals surface area contributed by atoms with Crippen LogP contribution in [-0.2, 0) is 6.42 Å². The van der Waals surface area contributed by atoms with Crippen molar-refractivity contribution in [1.29, 1.82) is 0 Å². The molecule has 0 saturated carbocycles. The number of nitrogens with one attached hydrogen (secondary N) is 1. The summed E-state index contributed by atoms with van der Waals surface area (Å²) in [5.41, 5.74) is 0. The Hall–Kier alpha value is -1.32. The predicted octanol–water partition coefficient (Wildman–Crippen LogP) is 3.73. The van der Waals surface area contributed by atoms with Gasteiger partial charge in [0, 0.05) is 32.1 Å².